The van der Waals surface area contributed by atoms with Gasteiger partial charge in [0.1, 0.15) is 7.85 Å². The molecule has 146 valence electrons. The highest BCUT2D eigenvalue weighted by Crippen LogP contribution is 2.37. The molecule has 0 spiro atoms. The van der Waals surface area contributed by atoms with Gasteiger partial charge in [-0.2, -0.15) is 0 Å². The number of hydrogen-bond donors (Lipinski definition) is 3. The first-order valence-corrected chi connectivity index (χ1v) is 10.1. The molecule has 1 heterocycles. The Kier molecular flexibility index (Phi) is 5.36. The molecule has 4 nitrogen and oxygen atoms in total. The summed E-state index contributed by atoms with van der Waals surface area (Å²) in [6, 6.07) is 12.5. The van der Waals surface area contributed by atoms with Gasteiger partial charge >= 0.3 is 0 Å². The third kappa shape index (κ3) is 3.77. The minimum absolute atomic E-state index is 0.0733. The van der Waals surface area contributed by atoms with Crippen LogP contribution in [0.1, 0.15) is 59.3 Å². The first-order chi connectivity index (χ1) is 13.4. The van der Waals surface area contributed by atoms with Crippen molar-refractivity contribution in [2.24, 2.45) is 0 Å². The molecule has 4 unspecified atom stereocenters. The average molecular weight is 378 g/mol. The van der Waals surface area contributed by atoms with Crippen molar-refractivity contribution in [3.05, 3.63) is 69.8 Å². The fourth-order valence-corrected chi connectivity index (χ4v) is 4.50. The van der Waals surface area contributed by atoms with Gasteiger partial charge in [0.2, 0.25) is 0 Å². The van der Waals surface area contributed by atoms with Crippen LogP contribution in [0, 0.1) is 0 Å². The molecule has 4 rings (SSSR count). The van der Waals surface area contributed by atoms with Gasteiger partial charge in [0.25, 0.3) is 0 Å². The standard InChI is InChI=1S/C23H27BO4/c1-2-15-4-5-16(22-11-19(26)10-20(13-25)28-22)9-17(15)7-14-3-6-21-18(8-14)12-23(21,24)27/h3-6,8-9,19-20,22,25-27H,2,7,10-13H2,1H3. The van der Waals surface area contributed by atoms with E-state index in [9.17, 15) is 15.3 Å². The summed E-state index contributed by atoms with van der Waals surface area (Å²) in [7, 11) is 5.82. The second kappa shape index (κ2) is 7.64. The molecule has 3 N–H and O–H groups in total. The summed E-state index contributed by atoms with van der Waals surface area (Å²) in [6.07, 6.45) is 2.30. The number of ether oxygens (including phenoxy) is 1. The molecule has 1 aliphatic carbocycles. The summed E-state index contributed by atoms with van der Waals surface area (Å²) in [5.74, 6) is 0. The van der Waals surface area contributed by atoms with Crippen molar-refractivity contribution in [2.45, 2.75) is 62.8 Å². The average Bonchev–Trinajstić information content (AvgIpc) is 2.66. The van der Waals surface area contributed by atoms with Gasteiger partial charge in [-0.05, 0) is 52.6 Å². The smallest absolute Gasteiger partial charge is 0.120 e. The number of aliphatic hydroxyl groups is 3. The topological polar surface area (TPSA) is 69.9 Å². The van der Waals surface area contributed by atoms with Crippen molar-refractivity contribution >= 4 is 7.85 Å². The zero-order valence-corrected chi connectivity index (χ0v) is 16.3. The van der Waals surface area contributed by atoms with Crippen LogP contribution in [0.3, 0.4) is 0 Å². The maximum Gasteiger partial charge on any atom is 0.120 e. The van der Waals surface area contributed by atoms with E-state index in [-0.39, 0.29) is 18.8 Å². The van der Waals surface area contributed by atoms with E-state index in [1.54, 1.807) is 0 Å². The first-order valence-electron chi connectivity index (χ1n) is 10.1. The number of fused-ring (bicyclic) bond motifs is 1. The molecule has 2 aromatic rings. The third-order valence-corrected chi connectivity index (χ3v) is 6.06. The van der Waals surface area contributed by atoms with Gasteiger partial charge in [-0.25, -0.2) is 0 Å². The molecule has 1 aliphatic heterocycles. The third-order valence-electron chi connectivity index (χ3n) is 6.06. The van der Waals surface area contributed by atoms with Crippen molar-refractivity contribution in [2.75, 3.05) is 6.61 Å². The first kappa shape index (κ1) is 19.7. The second-order valence-corrected chi connectivity index (χ2v) is 8.21. The van der Waals surface area contributed by atoms with Crippen LogP contribution in [-0.2, 0) is 29.5 Å². The monoisotopic (exact) mass is 378 g/mol. The second-order valence-electron chi connectivity index (χ2n) is 8.21. The highest BCUT2D eigenvalue weighted by Gasteiger charge is 2.35. The summed E-state index contributed by atoms with van der Waals surface area (Å²) in [6.45, 7) is 2.07. The lowest BCUT2D eigenvalue weighted by Gasteiger charge is -2.37. The molecule has 2 aliphatic rings. The summed E-state index contributed by atoms with van der Waals surface area (Å²) in [4.78, 5) is 0. The number of aryl methyl sites for hydroxylation is 1. The molecule has 0 amide bonds. The number of aliphatic hydroxyl groups excluding tert-OH is 2. The molecule has 0 bridgehead atoms. The van der Waals surface area contributed by atoms with Gasteiger partial charge in [0.15, 0.2) is 0 Å². The summed E-state index contributed by atoms with van der Waals surface area (Å²) < 4.78 is 5.99. The Balaban J connectivity index is 1.58. The van der Waals surface area contributed by atoms with Gasteiger partial charge in [-0.1, -0.05) is 43.3 Å². The number of hydrogen-bond acceptors (Lipinski definition) is 4. The van der Waals surface area contributed by atoms with Gasteiger partial charge in [-0.3, -0.25) is 0 Å². The minimum atomic E-state index is -1.18. The van der Waals surface area contributed by atoms with Gasteiger partial charge in [0.05, 0.1) is 30.4 Å². The zero-order valence-electron chi connectivity index (χ0n) is 16.3. The maximum atomic E-state index is 10.1. The molecular formula is C23H27BO4. The van der Waals surface area contributed by atoms with E-state index >= 15 is 0 Å². The van der Waals surface area contributed by atoms with E-state index in [1.807, 2.05) is 12.1 Å². The lowest BCUT2D eigenvalue weighted by molar-refractivity contribution is -0.113. The van der Waals surface area contributed by atoms with Crippen LogP contribution in [0.25, 0.3) is 0 Å². The van der Waals surface area contributed by atoms with E-state index in [0.29, 0.717) is 19.3 Å². The van der Waals surface area contributed by atoms with Crippen molar-refractivity contribution < 1.29 is 20.1 Å². The number of rotatable bonds is 5. The highest BCUT2D eigenvalue weighted by molar-refractivity contribution is 6.16. The quantitative estimate of drug-likeness (QED) is 0.699. The Hall–Kier alpha value is -1.66. The van der Waals surface area contributed by atoms with E-state index in [2.05, 4.69) is 31.2 Å². The van der Waals surface area contributed by atoms with Crippen LogP contribution < -0.4 is 0 Å². The van der Waals surface area contributed by atoms with E-state index in [0.717, 1.165) is 29.5 Å². The van der Waals surface area contributed by atoms with E-state index in [4.69, 9.17) is 12.6 Å². The van der Waals surface area contributed by atoms with Gasteiger partial charge < -0.3 is 20.1 Å². The van der Waals surface area contributed by atoms with Crippen LogP contribution in [0.15, 0.2) is 36.4 Å². The molecule has 4 atom stereocenters. The Labute approximate surface area is 167 Å². The van der Waals surface area contributed by atoms with Crippen molar-refractivity contribution in [1.82, 2.24) is 0 Å². The fourth-order valence-electron chi connectivity index (χ4n) is 4.50. The molecule has 5 heteroatoms. The minimum Gasteiger partial charge on any atom is -0.395 e. The molecule has 2 radical (unpaired) electrons. The summed E-state index contributed by atoms with van der Waals surface area (Å²) >= 11 is 0. The normalized spacial score (nSPS) is 29.2. The van der Waals surface area contributed by atoms with Crippen LogP contribution >= 0.6 is 0 Å². The zero-order chi connectivity index (χ0) is 19.9. The van der Waals surface area contributed by atoms with Gasteiger partial charge in [-0.15, -0.1) is 0 Å². The van der Waals surface area contributed by atoms with E-state index < -0.39 is 11.6 Å². The van der Waals surface area contributed by atoms with Crippen LogP contribution in [-0.4, -0.2) is 42.0 Å². The highest BCUT2D eigenvalue weighted by atomic mass is 16.5. The molecule has 28 heavy (non-hydrogen) atoms. The lowest BCUT2D eigenvalue weighted by atomic mass is 9.61. The van der Waals surface area contributed by atoms with Crippen LogP contribution in [0.4, 0.5) is 0 Å². The molecule has 1 saturated heterocycles. The van der Waals surface area contributed by atoms with Crippen LogP contribution in [0.2, 0.25) is 0 Å². The number of benzene rings is 2. The lowest BCUT2D eigenvalue weighted by Crippen LogP contribution is -2.39. The summed E-state index contributed by atoms with van der Waals surface area (Å²) in [5, 5.41) is 29.6. The molecule has 1 fully saturated rings. The van der Waals surface area contributed by atoms with Crippen molar-refractivity contribution in [1.29, 1.82) is 0 Å². The Bertz CT molecular complexity index is 864. The Morgan fingerprint density at radius 2 is 1.96 bits per heavy atom. The fraction of sp³-hybridized carbons (Fsp3) is 0.478. The summed E-state index contributed by atoms with van der Waals surface area (Å²) in [5.41, 5.74) is 5.53. The van der Waals surface area contributed by atoms with E-state index in [1.165, 1.54) is 16.7 Å². The largest absolute Gasteiger partial charge is 0.395 e. The molecule has 0 saturated carbocycles. The maximum absolute atomic E-state index is 10.1. The molecular weight excluding hydrogens is 351 g/mol. The van der Waals surface area contributed by atoms with Gasteiger partial charge in [0, 0.05) is 12.8 Å². The molecule has 0 aromatic heterocycles. The predicted octanol–water partition coefficient (Wildman–Crippen LogP) is 2.28. The Morgan fingerprint density at radius 1 is 1.14 bits per heavy atom. The molecule has 2 aromatic carbocycles. The predicted molar refractivity (Wildman–Crippen MR) is 108 cm³/mol. The van der Waals surface area contributed by atoms with Crippen molar-refractivity contribution in [3.63, 3.8) is 0 Å². The SMILES string of the molecule is [B]C1(O)Cc2cc(Cc3cc(C4CC(O)CC(CO)O4)ccc3CC)ccc21. The Morgan fingerprint density at radius 3 is 2.64 bits per heavy atom. The van der Waals surface area contributed by atoms with Crippen molar-refractivity contribution in [3.8, 4) is 0 Å². The van der Waals surface area contributed by atoms with Crippen LogP contribution in [0.5, 0.6) is 0 Å².